The zero-order valence-corrected chi connectivity index (χ0v) is 6.88. The Bertz CT molecular complexity index is 366. The Kier molecular flexibility index (Phi) is 2.92. The number of benzene rings is 1. The fourth-order valence-corrected chi connectivity index (χ4v) is 0.975. The van der Waals surface area contributed by atoms with Crippen LogP contribution in [0.2, 0.25) is 0 Å². The van der Waals surface area contributed by atoms with Gasteiger partial charge in [0.25, 0.3) is 6.43 Å². The highest BCUT2D eigenvalue weighted by Crippen LogP contribution is 2.35. The van der Waals surface area contributed by atoms with Crippen molar-refractivity contribution in [1.29, 1.82) is 0 Å². The predicted octanol–water partition coefficient (Wildman–Crippen LogP) is 3.92. The highest BCUT2D eigenvalue weighted by Gasteiger charge is 2.36. The molecule has 0 spiro atoms. The molecule has 1 aromatic rings. The van der Waals surface area contributed by atoms with Crippen molar-refractivity contribution in [2.75, 3.05) is 0 Å². The van der Waals surface area contributed by atoms with Crippen LogP contribution in [0.3, 0.4) is 0 Å². The van der Waals surface area contributed by atoms with Crippen LogP contribution < -0.4 is 0 Å². The monoisotopic (exact) mass is 232 g/mol. The predicted molar refractivity (Wildman–Crippen MR) is 36.3 cm³/mol. The second-order valence-electron chi connectivity index (χ2n) is 2.66. The van der Waals surface area contributed by atoms with Gasteiger partial charge in [0.15, 0.2) is 0 Å². The fourth-order valence-electron chi connectivity index (χ4n) is 0.975. The van der Waals surface area contributed by atoms with Gasteiger partial charge in [-0.1, -0.05) is 0 Å². The zero-order chi connectivity index (χ0) is 11.8. The van der Waals surface area contributed by atoms with Crippen LogP contribution >= 0.6 is 0 Å². The molecule has 0 aromatic heterocycles. The molecule has 0 saturated carbocycles. The normalized spacial score (nSPS) is 12.3. The highest BCUT2D eigenvalue weighted by atomic mass is 19.4. The molecular formula is C8H3F7. The van der Waals surface area contributed by atoms with Gasteiger partial charge in [-0.15, -0.1) is 0 Å². The minimum Gasteiger partial charge on any atom is -0.207 e. The lowest BCUT2D eigenvalue weighted by molar-refractivity contribution is -0.140. The molecule has 0 unspecified atom stereocenters. The van der Waals surface area contributed by atoms with Gasteiger partial charge in [-0.2, -0.15) is 13.2 Å². The summed E-state index contributed by atoms with van der Waals surface area (Å²) in [5, 5.41) is 0. The summed E-state index contributed by atoms with van der Waals surface area (Å²) < 4.78 is 85.4. The molecule has 0 saturated heterocycles. The molecular weight excluding hydrogens is 229 g/mol. The van der Waals surface area contributed by atoms with Crippen LogP contribution in [0.4, 0.5) is 30.7 Å². The molecule has 0 amide bonds. The number of alkyl halides is 5. The molecule has 0 aliphatic carbocycles. The van der Waals surface area contributed by atoms with E-state index in [-0.39, 0.29) is 12.1 Å². The van der Waals surface area contributed by atoms with Crippen molar-refractivity contribution in [1.82, 2.24) is 0 Å². The number of rotatable bonds is 1. The van der Waals surface area contributed by atoms with Gasteiger partial charge in [-0.05, 0) is 12.1 Å². The molecule has 0 aliphatic rings. The first-order valence-electron chi connectivity index (χ1n) is 3.57. The van der Waals surface area contributed by atoms with Gasteiger partial charge in [0.1, 0.15) is 11.6 Å². The van der Waals surface area contributed by atoms with Crippen molar-refractivity contribution in [3.63, 3.8) is 0 Å². The molecule has 0 heterocycles. The van der Waals surface area contributed by atoms with Gasteiger partial charge >= 0.3 is 6.18 Å². The quantitative estimate of drug-likeness (QED) is 0.643. The largest absolute Gasteiger partial charge is 0.419 e. The molecule has 0 bridgehead atoms. The summed E-state index contributed by atoms with van der Waals surface area (Å²) in [5.41, 5.74) is -3.62. The van der Waals surface area contributed by atoms with Gasteiger partial charge in [-0.3, -0.25) is 0 Å². The molecule has 0 fully saturated rings. The van der Waals surface area contributed by atoms with Crippen LogP contribution in [0.5, 0.6) is 0 Å². The van der Waals surface area contributed by atoms with E-state index in [1.165, 1.54) is 0 Å². The van der Waals surface area contributed by atoms with E-state index < -0.39 is 35.4 Å². The third-order valence-corrected chi connectivity index (χ3v) is 1.61. The summed E-state index contributed by atoms with van der Waals surface area (Å²) in [6, 6.07) is -0.129. The van der Waals surface area contributed by atoms with Crippen LogP contribution in [-0.2, 0) is 6.18 Å². The van der Waals surface area contributed by atoms with E-state index in [2.05, 4.69) is 0 Å². The summed E-state index contributed by atoms with van der Waals surface area (Å²) >= 11 is 0. The first kappa shape index (κ1) is 11.8. The second-order valence-corrected chi connectivity index (χ2v) is 2.66. The Labute approximate surface area is 79.3 Å². The van der Waals surface area contributed by atoms with Crippen molar-refractivity contribution in [2.24, 2.45) is 0 Å². The molecule has 1 aromatic carbocycles. The van der Waals surface area contributed by atoms with Crippen LogP contribution in [0.15, 0.2) is 12.1 Å². The number of hydrogen-bond acceptors (Lipinski definition) is 0. The summed E-state index contributed by atoms with van der Waals surface area (Å²) in [6.07, 6.45) is -8.70. The maximum atomic E-state index is 12.8. The molecule has 0 radical (unpaired) electrons. The first-order chi connectivity index (χ1) is 6.73. The molecule has 7 heteroatoms. The Morgan fingerprint density at radius 1 is 1.00 bits per heavy atom. The Morgan fingerprint density at radius 2 is 1.53 bits per heavy atom. The average molecular weight is 232 g/mol. The van der Waals surface area contributed by atoms with Crippen molar-refractivity contribution in [2.45, 2.75) is 12.6 Å². The molecule has 1 rings (SSSR count). The maximum absolute atomic E-state index is 12.8. The summed E-state index contributed by atoms with van der Waals surface area (Å²) in [7, 11) is 0. The summed E-state index contributed by atoms with van der Waals surface area (Å²) in [4.78, 5) is 0. The molecule has 0 atom stereocenters. The van der Waals surface area contributed by atoms with Crippen LogP contribution in [0, 0.1) is 11.6 Å². The SMILES string of the molecule is Fc1cc(C(F)F)c(F)c(C(F)(F)F)c1. The smallest absolute Gasteiger partial charge is 0.207 e. The van der Waals surface area contributed by atoms with Gasteiger partial charge in [-0.25, -0.2) is 17.6 Å². The fraction of sp³-hybridized carbons (Fsp3) is 0.250. The number of hydrogen-bond donors (Lipinski definition) is 0. The zero-order valence-electron chi connectivity index (χ0n) is 6.88. The first-order valence-corrected chi connectivity index (χ1v) is 3.57. The summed E-state index contributed by atoms with van der Waals surface area (Å²) in [5.74, 6) is -3.70. The maximum Gasteiger partial charge on any atom is 0.419 e. The van der Waals surface area contributed by atoms with Crippen LogP contribution in [0.25, 0.3) is 0 Å². The van der Waals surface area contributed by atoms with E-state index in [0.29, 0.717) is 0 Å². The lowest BCUT2D eigenvalue weighted by Crippen LogP contribution is -2.11. The topological polar surface area (TPSA) is 0 Å². The Balaban J connectivity index is 3.42. The van der Waals surface area contributed by atoms with Crippen LogP contribution in [-0.4, -0.2) is 0 Å². The lowest BCUT2D eigenvalue weighted by Gasteiger charge is -2.11. The molecule has 15 heavy (non-hydrogen) atoms. The molecule has 0 N–H and O–H groups in total. The number of halogens is 7. The van der Waals surface area contributed by atoms with Crippen molar-refractivity contribution < 1.29 is 30.7 Å². The van der Waals surface area contributed by atoms with Gasteiger partial charge < -0.3 is 0 Å². The van der Waals surface area contributed by atoms with Gasteiger partial charge in [0.05, 0.1) is 11.1 Å². The third kappa shape index (κ3) is 2.40. The molecule has 0 nitrogen and oxygen atoms in total. The lowest BCUT2D eigenvalue weighted by atomic mass is 10.1. The van der Waals surface area contributed by atoms with E-state index in [4.69, 9.17) is 0 Å². The third-order valence-electron chi connectivity index (χ3n) is 1.61. The van der Waals surface area contributed by atoms with Crippen molar-refractivity contribution >= 4 is 0 Å². The van der Waals surface area contributed by atoms with E-state index in [1.54, 1.807) is 0 Å². The van der Waals surface area contributed by atoms with Crippen molar-refractivity contribution in [3.05, 3.63) is 34.9 Å². The van der Waals surface area contributed by atoms with Gasteiger partial charge in [0.2, 0.25) is 0 Å². The minimum atomic E-state index is -5.20. The van der Waals surface area contributed by atoms with E-state index in [1.807, 2.05) is 0 Å². The molecule has 84 valence electrons. The molecule has 0 aliphatic heterocycles. The summed E-state index contributed by atoms with van der Waals surface area (Å²) in [6.45, 7) is 0. The minimum absolute atomic E-state index is 0.0369. The van der Waals surface area contributed by atoms with Gasteiger partial charge in [0, 0.05) is 0 Å². The Hall–Kier alpha value is -1.27. The van der Waals surface area contributed by atoms with Crippen LogP contribution in [0.1, 0.15) is 17.6 Å². The van der Waals surface area contributed by atoms with E-state index >= 15 is 0 Å². The van der Waals surface area contributed by atoms with E-state index in [0.717, 1.165) is 0 Å². The average Bonchev–Trinajstić information content (AvgIpc) is 2.06. The second kappa shape index (κ2) is 3.71. The Morgan fingerprint density at radius 3 is 1.93 bits per heavy atom. The van der Waals surface area contributed by atoms with E-state index in [9.17, 15) is 30.7 Å². The highest BCUT2D eigenvalue weighted by molar-refractivity contribution is 5.29. The van der Waals surface area contributed by atoms with Crippen molar-refractivity contribution in [3.8, 4) is 0 Å². The standard InChI is InChI=1S/C8H3F7/c9-3-1-4(7(11)12)6(10)5(2-3)8(13,14)15/h1-2,7H.